The van der Waals surface area contributed by atoms with Crippen molar-refractivity contribution in [2.75, 3.05) is 12.4 Å². The van der Waals surface area contributed by atoms with E-state index in [1.807, 2.05) is 30.3 Å². The molecule has 0 aliphatic heterocycles. The van der Waals surface area contributed by atoms with Crippen LogP contribution in [0.3, 0.4) is 0 Å². The molecular formula is C25H21FN4O2. The van der Waals surface area contributed by atoms with Crippen molar-refractivity contribution in [3.63, 3.8) is 0 Å². The zero-order valence-electron chi connectivity index (χ0n) is 17.4. The lowest BCUT2D eigenvalue weighted by Gasteiger charge is -2.09. The molecule has 0 aliphatic carbocycles. The van der Waals surface area contributed by atoms with Crippen molar-refractivity contribution in [2.24, 2.45) is 0 Å². The Morgan fingerprint density at radius 1 is 0.938 bits per heavy atom. The van der Waals surface area contributed by atoms with E-state index in [0.29, 0.717) is 34.9 Å². The van der Waals surface area contributed by atoms with Gasteiger partial charge in [0.2, 0.25) is 5.95 Å². The molecule has 0 unspecified atom stereocenters. The molecule has 32 heavy (non-hydrogen) atoms. The van der Waals surface area contributed by atoms with Crippen molar-refractivity contribution < 1.29 is 13.9 Å². The van der Waals surface area contributed by atoms with Crippen LogP contribution in [0.25, 0.3) is 11.1 Å². The fraction of sp³-hybridized carbons (Fsp3) is 0.0800. The average molecular weight is 428 g/mol. The van der Waals surface area contributed by atoms with E-state index in [1.165, 1.54) is 12.1 Å². The Bertz CT molecular complexity index is 1210. The smallest absolute Gasteiger partial charge is 0.251 e. The first-order valence-electron chi connectivity index (χ1n) is 9.97. The van der Waals surface area contributed by atoms with Gasteiger partial charge in [0.15, 0.2) is 0 Å². The second kappa shape index (κ2) is 9.70. The molecule has 2 N–H and O–H groups in total. The van der Waals surface area contributed by atoms with E-state index in [0.717, 1.165) is 11.3 Å². The predicted octanol–water partition coefficient (Wildman–Crippen LogP) is 4.96. The Morgan fingerprint density at radius 2 is 1.69 bits per heavy atom. The van der Waals surface area contributed by atoms with Crippen LogP contribution in [0.5, 0.6) is 5.75 Å². The van der Waals surface area contributed by atoms with E-state index in [2.05, 4.69) is 20.6 Å². The number of carbonyl (C=O) groups excluding carboxylic acids is 1. The molecule has 0 fully saturated rings. The molecule has 6 nitrogen and oxygen atoms in total. The van der Waals surface area contributed by atoms with Gasteiger partial charge in [-0.05, 0) is 53.6 Å². The number of halogens is 1. The summed E-state index contributed by atoms with van der Waals surface area (Å²) >= 11 is 0. The molecule has 0 spiro atoms. The van der Waals surface area contributed by atoms with Gasteiger partial charge in [0.25, 0.3) is 5.91 Å². The molecule has 0 aliphatic rings. The zero-order chi connectivity index (χ0) is 22.3. The van der Waals surface area contributed by atoms with E-state index in [9.17, 15) is 9.18 Å². The fourth-order valence-corrected chi connectivity index (χ4v) is 3.10. The Hall–Kier alpha value is -4.26. The van der Waals surface area contributed by atoms with E-state index in [4.69, 9.17) is 4.74 Å². The summed E-state index contributed by atoms with van der Waals surface area (Å²) in [5.41, 5.74) is 3.58. The Labute approximate surface area is 185 Å². The SMILES string of the molecule is COc1ccc(CNC(=O)c2cccc(Nc3ncc(-c4cccc(F)c4)cn3)c2)cc1. The van der Waals surface area contributed by atoms with Crippen LogP contribution in [0.4, 0.5) is 16.0 Å². The predicted molar refractivity (Wildman–Crippen MR) is 121 cm³/mol. The summed E-state index contributed by atoms with van der Waals surface area (Å²) in [5.74, 6) is 0.643. The summed E-state index contributed by atoms with van der Waals surface area (Å²) in [5, 5.41) is 5.99. The number of ether oxygens (including phenoxy) is 1. The maximum atomic E-state index is 13.4. The number of nitrogens with one attached hydrogen (secondary N) is 2. The number of hydrogen-bond acceptors (Lipinski definition) is 5. The van der Waals surface area contributed by atoms with Gasteiger partial charge in [-0.2, -0.15) is 0 Å². The van der Waals surface area contributed by atoms with E-state index >= 15 is 0 Å². The van der Waals surface area contributed by atoms with Gasteiger partial charge in [0.05, 0.1) is 7.11 Å². The minimum atomic E-state index is -0.313. The van der Waals surface area contributed by atoms with Crippen LogP contribution in [-0.4, -0.2) is 23.0 Å². The van der Waals surface area contributed by atoms with Crippen LogP contribution in [0, 0.1) is 5.82 Å². The Kier molecular flexibility index (Phi) is 6.36. The van der Waals surface area contributed by atoms with Crippen LogP contribution < -0.4 is 15.4 Å². The standard InChI is InChI=1S/C25H21FN4O2/c1-32-23-10-8-17(9-11-23)14-27-24(31)19-5-3-7-22(13-19)30-25-28-15-20(16-29-25)18-4-2-6-21(26)12-18/h2-13,15-16H,14H2,1H3,(H,27,31)(H,28,29,30). The van der Waals surface area contributed by atoms with Crippen LogP contribution in [0.2, 0.25) is 0 Å². The largest absolute Gasteiger partial charge is 0.497 e. The lowest BCUT2D eigenvalue weighted by atomic mass is 10.1. The molecule has 160 valence electrons. The molecule has 0 saturated carbocycles. The number of anilines is 2. The number of hydrogen-bond donors (Lipinski definition) is 2. The van der Waals surface area contributed by atoms with Crippen molar-refractivity contribution in [3.05, 3.63) is 102 Å². The summed E-state index contributed by atoms with van der Waals surface area (Å²) in [6.45, 7) is 0.408. The molecule has 4 rings (SSSR count). The van der Waals surface area contributed by atoms with Gasteiger partial charge in [-0.1, -0.05) is 30.3 Å². The van der Waals surface area contributed by atoms with Gasteiger partial charge in [-0.15, -0.1) is 0 Å². The van der Waals surface area contributed by atoms with Gasteiger partial charge in [-0.25, -0.2) is 14.4 Å². The van der Waals surface area contributed by atoms with Gasteiger partial charge >= 0.3 is 0 Å². The molecule has 0 radical (unpaired) electrons. The van der Waals surface area contributed by atoms with Crippen molar-refractivity contribution in [2.45, 2.75) is 6.54 Å². The number of carbonyl (C=O) groups is 1. The minimum Gasteiger partial charge on any atom is -0.497 e. The maximum absolute atomic E-state index is 13.4. The lowest BCUT2D eigenvalue weighted by molar-refractivity contribution is 0.0951. The van der Waals surface area contributed by atoms with E-state index in [-0.39, 0.29) is 11.7 Å². The molecule has 0 saturated heterocycles. The van der Waals surface area contributed by atoms with Crippen LogP contribution in [-0.2, 0) is 6.54 Å². The highest BCUT2D eigenvalue weighted by atomic mass is 19.1. The third kappa shape index (κ3) is 5.26. The molecular weight excluding hydrogens is 407 g/mol. The molecule has 1 aromatic heterocycles. The summed E-state index contributed by atoms with van der Waals surface area (Å²) < 4.78 is 18.6. The molecule has 3 aromatic carbocycles. The summed E-state index contributed by atoms with van der Waals surface area (Å²) in [7, 11) is 1.61. The molecule has 1 amide bonds. The number of nitrogens with zero attached hydrogens (tertiary/aromatic N) is 2. The molecule has 1 heterocycles. The van der Waals surface area contributed by atoms with Gasteiger partial charge in [0.1, 0.15) is 11.6 Å². The topological polar surface area (TPSA) is 76.1 Å². The second-order valence-electron chi connectivity index (χ2n) is 7.04. The first-order chi connectivity index (χ1) is 15.6. The number of aromatic nitrogens is 2. The van der Waals surface area contributed by atoms with E-state index < -0.39 is 0 Å². The quantitative estimate of drug-likeness (QED) is 0.435. The lowest BCUT2D eigenvalue weighted by Crippen LogP contribution is -2.22. The normalized spacial score (nSPS) is 10.4. The van der Waals surface area contributed by atoms with E-state index in [1.54, 1.807) is 49.8 Å². The first-order valence-corrected chi connectivity index (χ1v) is 9.97. The van der Waals surface area contributed by atoms with Crippen molar-refractivity contribution >= 4 is 17.5 Å². The van der Waals surface area contributed by atoms with Crippen LogP contribution >= 0.6 is 0 Å². The molecule has 0 bridgehead atoms. The summed E-state index contributed by atoms with van der Waals surface area (Å²) in [6.07, 6.45) is 3.24. The Balaban J connectivity index is 1.39. The summed E-state index contributed by atoms with van der Waals surface area (Å²) in [4.78, 5) is 21.1. The van der Waals surface area contributed by atoms with Crippen molar-refractivity contribution in [1.29, 1.82) is 0 Å². The van der Waals surface area contributed by atoms with Gasteiger partial charge in [0, 0.05) is 35.8 Å². The fourth-order valence-electron chi connectivity index (χ4n) is 3.10. The highest BCUT2D eigenvalue weighted by molar-refractivity contribution is 5.95. The molecule has 7 heteroatoms. The van der Waals surface area contributed by atoms with Crippen molar-refractivity contribution in [3.8, 4) is 16.9 Å². The highest BCUT2D eigenvalue weighted by Gasteiger charge is 2.08. The first kappa shape index (κ1) is 21.0. The zero-order valence-corrected chi connectivity index (χ0v) is 17.4. The third-order valence-electron chi connectivity index (χ3n) is 4.80. The number of methoxy groups -OCH3 is 1. The molecule has 0 atom stereocenters. The minimum absolute atomic E-state index is 0.188. The number of amides is 1. The van der Waals surface area contributed by atoms with Gasteiger partial charge < -0.3 is 15.4 Å². The average Bonchev–Trinajstić information content (AvgIpc) is 2.83. The van der Waals surface area contributed by atoms with Gasteiger partial charge in [-0.3, -0.25) is 4.79 Å². The second-order valence-corrected chi connectivity index (χ2v) is 7.04. The third-order valence-corrected chi connectivity index (χ3v) is 4.80. The number of benzene rings is 3. The van der Waals surface area contributed by atoms with Crippen molar-refractivity contribution in [1.82, 2.24) is 15.3 Å². The highest BCUT2D eigenvalue weighted by Crippen LogP contribution is 2.20. The number of rotatable bonds is 7. The molecule has 4 aromatic rings. The summed E-state index contributed by atoms with van der Waals surface area (Å²) in [6, 6.07) is 20.8. The monoisotopic (exact) mass is 428 g/mol. The van der Waals surface area contributed by atoms with Crippen LogP contribution in [0.15, 0.2) is 85.2 Å². The Morgan fingerprint density at radius 3 is 2.41 bits per heavy atom. The maximum Gasteiger partial charge on any atom is 0.251 e. The van der Waals surface area contributed by atoms with Crippen LogP contribution in [0.1, 0.15) is 15.9 Å².